The van der Waals surface area contributed by atoms with Crippen molar-refractivity contribution in [2.45, 2.75) is 33.3 Å². The quantitative estimate of drug-likeness (QED) is 0.378. The van der Waals surface area contributed by atoms with Crippen LogP contribution in [0, 0.1) is 23.4 Å². The highest BCUT2D eigenvalue weighted by molar-refractivity contribution is 5.94. The summed E-state index contributed by atoms with van der Waals surface area (Å²) in [5.41, 5.74) is -0.592. The average molecular weight is 375 g/mol. The van der Waals surface area contributed by atoms with Gasteiger partial charge in [-0.2, -0.15) is 0 Å². The second-order valence-corrected chi connectivity index (χ2v) is 6.17. The van der Waals surface area contributed by atoms with E-state index in [1.165, 1.54) is 12.0 Å². The zero-order chi connectivity index (χ0) is 19.9. The van der Waals surface area contributed by atoms with E-state index in [9.17, 15) is 22.8 Å². The van der Waals surface area contributed by atoms with E-state index in [0.29, 0.717) is 19.1 Å². The Kier molecular flexibility index (Phi) is 8.57. The molecule has 0 spiro atoms. The van der Waals surface area contributed by atoms with Crippen LogP contribution in [0.1, 0.15) is 37.6 Å². The van der Waals surface area contributed by atoms with E-state index < -0.39 is 40.8 Å². The Labute approximate surface area is 151 Å². The largest absolute Gasteiger partial charge is 0.469 e. The summed E-state index contributed by atoms with van der Waals surface area (Å²) >= 11 is 0. The molecule has 1 amide bonds. The van der Waals surface area contributed by atoms with Crippen LogP contribution >= 0.6 is 0 Å². The number of halogens is 3. The molecule has 1 unspecified atom stereocenters. The average Bonchev–Trinajstić information content (AvgIpc) is 2.60. The molecule has 0 aliphatic heterocycles. The van der Waals surface area contributed by atoms with Crippen molar-refractivity contribution in [2.24, 2.45) is 5.92 Å². The molecule has 8 heteroatoms. The number of esters is 1. The van der Waals surface area contributed by atoms with Crippen molar-refractivity contribution in [2.75, 3.05) is 26.8 Å². The Morgan fingerprint density at radius 3 is 2.35 bits per heavy atom. The molecular formula is C18H24F3NO4. The van der Waals surface area contributed by atoms with Gasteiger partial charge in [0.25, 0.3) is 5.91 Å². The summed E-state index contributed by atoms with van der Waals surface area (Å²) in [6.07, 6.45) is 0.445. The molecule has 1 atom stereocenters. The lowest BCUT2D eigenvalue weighted by molar-refractivity contribution is -0.145. The van der Waals surface area contributed by atoms with E-state index in [1.807, 2.05) is 13.8 Å². The second kappa shape index (κ2) is 10.2. The lowest BCUT2D eigenvalue weighted by Gasteiger charge is -2.25. The molecular weight excluding hydrogens is 351 g/mol. The van der Waals surface area contributed by atoms with Gasteiger partial charge in [-0.05, 0) is 32.4 Å². The third-order valence-corrected chi connectivity index (χ3v) is 3.67. The third-order valence-electron chi connectivity index (χ3n) is 3.67. The molecule has 0 N–H and O–H groups in total. The zero-order valence-electron chi connectivity index (χ0n) is 15.4. The number of carbonyl (C=O) groups excluding carboxylic acids is 2. The second-order valence-electron chi connectivity index (χ2n) is 6.17. The molecule has 0 aromatic heterocycles. The number of rotatable bonds is 9. The number of amides is 1. The smallest absolute Gasteiger partial charge is 0.310 e. The molecule has 26 heavy (non-hydrogen) atoms. The molecule has 0 radical (unpaired) electrons. The summed E-state index contributed by atoms with van der Waals surface area (Å²) in [6.45, 7) is 5.74. The van der Waals surface area contributed by atoms with Crippen molar-refractivity contribution in [1.29, 1.82) is 0 Å². The highest BCUT2D eigenvalue weighted by Gasteiger charge is 2.26. The molecule has 0 heterocycles. The molecule has 0 bridgehead atoms. The van der Waals surface area contributed by atoms with E-state index in [0.717, 1.165) is 6.07 Å². The van der Waals surface area contributed by atoms with E-state index in [-0.39, 0.29) is 19.2 Å². The first-order chi connectivity index (χ1) is 12.2. The fourth-order valence-corrected chi connectivity index (χ4v) is 2.32. The number of methoxy groups -OCH3 is 1. The van der Waals surface area contributed by atoms with Crippen LogP contribution in [0.25, 0.3) is 0 Å². The van der Waals surface area contributed by atoms with Gasteiger partial charge in [0.15, 0.2) is 17.5 Å². The predicted octanol–water partition coefficient (Wildman–Crippen LogP) is 3.17. The molecule has 1 aromatic carbocycles. The van der Waals surface area contributed by atoms with Crippen LogP contribution in [-0.4, -0.2) is 49.7 Å². The molecule has 1 aromatic rings. The number of benzene rings is 1. The first-order valence-electron chi connectivity index (χ1n) is 8.31. The summed E-state index contributed by atoms with van der Waals surface area (Å²) in [5.74, 6) is -6.67. The van der Waals surface area contributed by atoms with Crippen LogP contribution in [0.3, 0.4) is 0 Å². The summed E-state index contributed by atoms with van der Waals surface area (Å²) < 4.78 is 50.5. The van der Waals surface area contributed by atoms with Gasteiger partial charge in [-0.15, -0.1) is 0 Å². The van der Waals surface area contributed by atoms with Gasteiger partial charge < -0.3 is 14.4 Å². The first kappa shape index (κ1) is 22.0. The van der Waals surface area contributed by atoms with Crippen molar-refractivity contribution < 1.29 is 32.2 Å². The van der Waals surface area contributed by atoms with Gasteiger partial charge in [-0.1, -0.05) is 6.92 Å². The highest BCUT2D eigenvalue weighted by Crippen LogP contribution is 2.18. The molecule has 5 nitrogen and oxygen atoms in total. The SMILES string of the molecule is COC(=O)C(C)CN(CCCOC(C)C)C(=O)c1ccc(F)c(F)c1F. The normalized spacial score (nSPS) is 12.2. The van der Waals surface area contributed by atoms with Crippen molar-refractivity contribution >= 4 is 11.9 Å². The van der Waals surface area contributed by atoms with Crippen LogP contribution in [0.4, 0.5) is 13.2 Å². The minimum absolute atomic E-state index is 0.0109. The molecule has 1 rings (SSSR count). The monoisotopic (exact) mass is 375 g/mol. The fraction of sp³-hybridized carbons (Fsp3) is 0.556. The maximum absolute atomic E-state index is 14.0. The number of carbonyl (C=O) groups is 2. The Morgan fingerprint density at radius 1 is 1.12 bits per heavy atom. The Balaban J connectivity index is 2.96. The van der Waals surface area contributed by atoms with Crippen LogP contribution in [0.15, 0.2) is 12.1 Å². The Morgan fingerprint density at radius 2 is 1.77 bits per heavy atom. The third kappa shape index (κ3) is 6.01. The molecule has 0 fully saturated rings. The zero-order valence-corrected chi connectivity index (χ0v) is 15.4. The van der Waals surface area contributed by atoms with E-state index in [4.69, 9.17) is 4.74 Å². The highest BCUT2D eigenvalue weighted by atomic mass is 19.2. The summed E-state index contributed by atoms with van der Waals surface area (Å²) in [4.78, 5) is 25.4. The van der Waals surface area contributed by atoms with Gasteiger partial charge in [0.1, 0.15) is 0 Å². The molecule has 0 saturated heterocycles. The molecule has 0 aliphatic carbocycles. The van der Waals surface area contributed by atoms with Crippen LogP contribution in [0.2, 0.25) is 0 Å². The van der Waals surface area contributed by atoms with E-state index in [1.54, 1.807) is 6.92 Å². The van der Waals surface area contributed by atoms with Crippen LogP contribution in [-0.2, 0) is 14.3 Å². The maximum Gasteiger partial charge on any atom is 0.310 e. The van der Waals surface area contributed by atoms with Gasteiger partial charge in [0.05, 0.1) is 24.7 Å². The van der Waals surface area contributed by atoms with Crippen molar-refractivity contribution in [3.63, 3.8) is 0 Å². The van der Waals surface area contributed by atoms with Gasteiger partial charge >= 0.3 is 5.97 Å². The summed E-state index contributed by atoms with van der Waals surface area (Å²) in [5, 5.41) is 0. The summed E-state index contributed by atoms with van der Waals surface area (Å²) in [6, 6.07) is 1.58. The summed E-state index contributed by atoms with van der Waals surface area (Å²) in [7, 11) is 1.22. The Hall–Kier alpha value is -2.09. The van der Waals surface area contributed by atoms with Gasteiger partial charge in [0, 0.05) is 19.7 Å². The lowest BCUT2D eigenvalue weighted by Crippen LogP contribution is -2.39. The standard InChI is InChI=1S/C18H24F3NO4/c1-11(2)26-9-5-8-22(10-12(3)18(24)25-4)17(23)13-6-7-14(19)16(21)15(13)20/h6-7,11-12H,5,8-10H2,1-4H3. The molecule has 0 saturated carbocycles. The maximum atomic E-state index is 14.0. The minimum atomic E-state index is -1.71. The Bertz CT molecular complexity index is 637. The minimum Gasteiger partial charge on any atom is -0.469 e. The van der Waals surface area contributed by atoms with E-state index >= 15 is 0 Å². The number of hydrogen-bond acceptors (Lipinski definition) is 4. The fourth-order valence-electron chi connectivity index (χ4n) is 2.32. The molecule has 0 aliphatic rings. The van der Waals surface area contributed by atoms with Crippen LogP contribution < -0.4 is 0 Å². The number of ether oxygens (including phenoxy) is 2. The van der Waals surface area contributed by atoms with Gasteiger partial charge in [0.2, 0.25) is 0 Å². The number of nitrogens with zero attached hydrogens (tertiary/aromatic N) is 1. The number of hydrogen-bond donors (Lipinski definition) is 0. The van der Waals surface area contributed by atoms with Crippen molar-refractivity contribution in [1.82, 2.24) is 4.90 Å². The first-order valence-corrected chi connectivity index (χ1v) is 8.31. The van der Waals surface area contributed by atoms with Crippen molar-refractivity contribution in [3.05, 3.63) is 35.1 Å². The van der Waals surface area contributed by atoms with Crippen LogP contribution in [0.5, 0.6) is 0 Å². The van der Waals surface area contributed by atoms with Crippen molar-refractivity contribution in [3.8, 4) is 0 Å². The van der Waals surface area contributed by atoms with Gasteiger partial charge in [-0.3, -0.25) is 9.59 Å². The van der Waals surface area contributed by atoms with E-state index in [2.05, 4.69) is 4.74 Å². The predicted molar refractivity (Wildman–Crippen MR) is 89.1 cm³/mol. The topological polar surface area (TPSA) is 55.8 Å². The molecule has 146 valence electrons. The lowest BCUT2D eigenvalue weighted by atomic mass is 10.1. The van der Waals surface area contributed by atoms with Gasteiger partial charge in [-0.25, -0.2) is 13.2 Å².